The van der Waals surface area contributed by atoms with Gasteiger partial charge in [-0.15, -0.1) is 0 Å². The monoisotopic (exact) mass is 373 g/mol. The van der Waals surface area contributed by atoms with Crippen LogP contribution >= 0.6 is 0 Å². The molecule has 142 valence electrons. The van der Waals surface area contributed by atoms with E-state index in [2.05, 4.69) is 36.3 Å². The standard InChI is InChI=1S/C23H23N3O2/c1-13(2)12-24-22(27)19-11-17-14-7-5-6-10-18(14)25-20(17)21-15-8-3-4-9-16(15)23(28)26(19)21/h3-10,13,19,21,25H,11-12H2,1-2H3,(H,24,27). The number of rotatable bonds is 3. The molecule has 28 heavy (non-hydrogen) atoms. The van der Waals surface area contributed by atoms with Gasteiger partial charge in [0.25, 0.3) is 5.91 Å². The minimum Gasteiger partial charge on any atom is -0.356 e. The maximum absolute atomic E-state index is 13.2. The molecule has 2 amide bonds. The van der Waals surface area contributed by atoms with Gasteiger partial charge in [-0.2, -0.15) is 0 Å². The number of nitrogens with one attached hydrogen (secondary N) is 2. The first-order valence-corrected chi connectivity index (χ1v) is 9.85. The van der Waals surface area contributed by atoms with Crippen molar-refractivity contribution in [2.75, 3.05) is 6.54 Å². The lowest BCUT2D eigenvalue weighted by atomic mass is 9.90. The van der Waals surface area contributed by atoms with Crippen LogP contribution in [0.15, 0.2) is 48.5 Å². The molecule has 0 spiro atoms. The summed E-state index contributed by atoms with van der Waals surface area (Å²) in [6, 6.07) is 15.1. The molecular formula is C23H23N3O2. The summed E-state index contributed by atoms with van der Waals surface area (Å²) in [6.07, 6.45) is 0.527. The van der Waals surface area contributed by atoms with E-state index in [4.69, 9.17) is 0 Å². The molecule has 3 aromatic rings. The number of benzene rings is 2. The Labute approximate surface area is 163 Å². The van der Waals surface area contributed by atoms with E-state index >= 15 is 0 Å². The van der Waals surface area contributed by atoms with Crippen molar-refractivity contribution in [3.05, 3.63) is 70.9 Å². The van der Waals surface area contributed by atoms with Gasteiger partial charge in [0.15, 0.2) is 0 Å². The van der Waals surface area contributed by atoms with E-state index in [9.17, 15) is 9.59 Å². The summed E-state index contributed by atoms with van der Waals surface area (Å²) in [4.78, 5) is 31.6. The number of aromatic amines is 1. The highest BCUT2D eigenvalue weighted by molar-refractivity contribution is 6.03. The lowest BCUT2D eigenvalue weighted by molar-refractivity contribution is -0.126. The van der Waals surface area contributed by atoms with Crippen LogP contribution in [0.2, 0.25) is 0 Å². The van der Waals surface area contributed by atoms with Gasteiger partial charge in [-0.3, -0.25) is 9.59 Å². The summed E-state index contributed by atoms with van der Waals surface area (Å²) in [5, 5.41) is 4.17. The minimum atomic E-state index is -0.504. The van der Waals surface area contributed by atoms with Crippen LogP contribution in [0, 0.1) is 5.92 Å². The fraction of sp³-hybridized carbons (Fsp3) is 0.304. The number of fused-ring (bicyclic) bond motifs is 7. The van der Waals surface area contributed by atoms with E-state index in [1.54, 1.807) is 4.90 Å². The number of hydrogen-bond acceptors (Lipinski definition) is 2. The molecule has 2 aliphatic heterocycles. The second-order valence-corrected chi connectivity index (χ2v) is 8.12. The van der Waals surface area contributed by atoms with Crippen molar-refractivity contribution >= 4 is 22.7 Å². The first-order valence-electron chi connectivity index (χ1n) is 9.85. The molecule has 0 saturated heterocycles. The summed E-state index contributed by atoms with van der Waals surface area (Å²) in [7, 11) is 0. The Hall–Kier alpha value is -3.08. The third-order valence-electron chi connectivity index (χ3n) is 5.84. The topological polar surface area (TPSA) is 65.2 Å². The third kappa shape index (κ3) is 2.39. The van der Waals surface area contributed by atoms with Crippen molar-refractivity contribution in [3.8, 4) is 0 Å². The zero-order valence-electron chi connectivity index (χ0n) is 16.0. The fourth-order valence-electron chi connectivity index (χ4n) is 4.56. The van der Waals surface area contributed by atoms with Crippen molar-refractivity contribution < 1.29 is 9.59 Å². The van der Waals surface area contributed by atoms with Crippen LogP contribution in [0.1, 0.15) is 47.1 Å². The van der Waals surface area contributed by atoms with Gasteiger partial charge in [0.1, 0.15) is 6.04 Å². The van der Waals surface area contributed by atoms with Gasteiger partial charge in [0.2, 0.25) is 5.91 Å². The van der Waals surface area contributed by atoms with Crippen LogP contribution < -0.4 is 5.32 Å². The molecule has 2 aromatic carbocycles. The Morgan fingerprint density at radius 3 is 2.75 bits per heavy atom. The predicted octanol–water partition coefficient (Wildman–Crippen LogP) is 3.41. The maximum atomic E-state index is 13.2. The number of carbonyl (C=O) groups excluding carboxylic acids is 2. The van der Waals surface area contributed by atoms with Gasteiger partial charge in [0, 0.05) is 35.1 Å². The van der Waals surface area contributed by atoms with Crippen molar-refractivity contribution in [2.45, 2.75) is 32.4 Å². The molecule has 0 fully saturated rings. The highest BCUT2D eigenvalue weighted by Gasteiger charge is 2.48. The lowest BCUT2D eigenvalue weighted by Gasteiger charge is -2.37. The number of para-hydroxylation sites is 1. The first kappa shape index (κ1) is 17.0. The van der Waals surface area contributed by atoms with E-state index < -0.39 is 6.04 Å². The van der Waals surface area contributed by atoms with E-state index in [0.717, 1.165) is 27.7 Å². The van der Waals surface area contributed by atoms with Crippen LogP contribution in [-0.4, -0.2) is 34.3 Å². The second-order valence-electron chi connectivity index (χ2n) is 8.12. The normalized spacial score (nSPS) is 20.2. The summed E-state index contributed by atoms with van der Waals surface area (Å²) < 4.78 is 0. The number of hydrogen-bond donors (Lipinski definition) is 2. The van der Waals surface area contributed by atoms with Crippen molar-refractivity contribution in [2.24, 2.45) is 5.92 Å². The first-order chi connectivity index (χ1) is 13.6. The summed E-state index contributed by atoms with van der Waals surface area (Å²) in [6.45, 7) is 4.74. The average molecular weight is 373 g/mol. The summed E-state index contributed by atoms with van der Waals surface area (Å²) in [5.74, 6) is 0.226. The molecule has 0 saturated carbocycles. The Balaban J connectivity index is 1.67. The number of aromatic nitrogens is 1. The van der Waals surface area contributed by atoms with Crippen LogP contribution in [0.4, 0.5) is 0 Å². The van der Waals surface area contributed by atoms with Gasteiger partial charge in [-0.05, 0) is 29.2 Å². The summed E-state index contributed by atoms with van der Waals surface area (Å²) in [5.41, 5.74) is 4.90. The van der Waals surface area contributed by atoms with Crippen molar-refractivity contribution in [3.63, 3.8) is 0 Å². The average Bonchev–Trinajstić information content (AvgIpc) is 3.22. The van der Waals surface area contributed by atoms with Crippen LogP contribution in [0.5, 0.6) is 0 Å². The summed E-state index contributed by atoms with van der Waals surface area (Å²) >= 11 is 0. The van der Waals surface area contributed by atoms with Crippen LogP contribution in [-0.2, 0) is 11.2 Å². The Bertz CT molecular complexity index is 1100. The molecule has 5 heteroatoms. The third-order valence-corrected chi connectivity index (χ3v) is 5.84. The zero-order valence-corrected chi connectivity index (χ0v) is 16.0. The molecule has 0 radical (unpaired) electrons. The number of carbonyl (C=O) groups is 2. The van der Waals surface area contributed by atoms with Gasteiger partial charge in [0.05, 0.1) is 6.04 Å². The minimum absolute atomic E-state index is 0.0606. The molecule has 2 aliphatic rings. The SMILES string of the molecule is CC(C)CNC(=O)C1Cc2c([nH]c3ccccc23)C2c3ccccc3C(=O)N12. The molecule has 0 bridgehead atoms. The fourth-order valence-corrected chi connectivity index (χ4v) is 4.56. The molecule has 1 aromatic heterocycles. The quantitative estimate of drug-likeness (QED) is 0.739. The van der Waals surface area contributed by atoms with E-state index in [1.165, 1.54) is 0 Å². The molecule has 2 atom stereocenters. The molecule has 2 unspecified atom stereocenters. The Morgan fingerprint density at radius 2 is 1.93 bits per heavy atom. The molecular weight excluding hydrogens is 350 g/mol. The number of amides is 2. The van der Waals surface area contributed by atoms with Crippen molar-refractivity contribution in [1.82, 2.24) is 15.2 Å². The van der Waals surface area contributed by atoms with Gasteiger partial charge >= 0.3 is 0 Å². The molecule has 5 rings (SSSR count). The molecule has 5 nitrogen and oxygen atoms in total. The molecule has 3 heterocycles. The van der Waals surface area contributed by atoms with Crippen LogP contribution in [0.3, 0.4) is 0 Å². The van der Waals surface area contributed by atoms with E-state index in [0.29, 0.717) is 24.4 Å². The van der Waals surface area contributed by atoms with Gasteiger partial charge < -0.3 is 15.2 Å². The zero-order chi connectivity index (χ0) is 19.4. The number of nitrogens with zero attached hydrogens (tertiary/aromatic N) is 1. The van der Waals surface area contributed by atoms with Crippen molar-refractivity contribution in [1.29, 1.82) is 0 Å². The second kappa shape index (κ2) is 6.23. The molecule has 2 N–H and O–H groups in total. The predicted molar refractivity (Wildman–Crippen MR) is 108 cm³/mol. The van der Waals surface area contributed by atoms with E-state index in [-0.39, 0.29) is 17.9 Å². The molecule has 0 aliphatic carbocycles. The Kier molecular flexibility index (Phi) is 3.79. The largest absolute Gasteiger partial charge is 0.356 e. The Morgan fingerprint density at radius 1 is 1.18 bits per heavy atom. The van der Waals surface area contributed by atoms with Crippen LogP contribution in [0.25, 0.3) is 10.9 Å². The van der Waals surface area contributed by atoms with Gasteiger partial charge in [-0.1, -0.05) is 50.2 Å². The van der Waals surface area contributed by atoms with Gasteiger partial charge in [-0.25, -0.2) is 0 Å². The smallest absolute Gasteiger partial charge is 0.255 e. The number of H-pyrrole nitrogens is 1. The van der Waals surface area contributed by atoms with E-state index in [1.807, 2.05) is 36.4 Å². The highest BCUT2D eigenvalue weighted by Crippen LogP contribution is 2.46. The maximum Gasteiger partial charge on any atom is 0.255 e. The lowest BCUT2D eigenvalue weighted by Crippen LogP contribution is -2.52. The highest BCUT2D eigenvalue weighted by atomic mass is 16.2.